The summed E-state index contributed by atoms with van der Waals surface area (Å²) in [7, 11) is 0. The summed E-state index contributed by atoms with van der Waals surface area (Å²) < 4.78 is 240. The largest absolute Gasteiger partial charge is 0.385 e. The molecular weight excluding hydrogens is 510 g/mol. The Labute approximate surface area is 166 Å². The lowest BCUT2D eigenvalue weighted by molar-refractivity contribution is -0.464. The molecule has 32 heavy (non-hydrogen) atoms. The molecule has 0 saturated carbocycles. The molecule has 0 aliphatic heterocycles. The summed E-state index contributed by atoms with van der Waals surface area (Å²) >= 11 is 0. The van der Waals surface area contributed by atoms with Crippen molar-refractivity contribution in [2.45, 2.75) is 81.0 Å². The van der Waals surface area contributed by atoms with Crippen LogP contribution in [0.2, 0.25) is 0 Å². The van der Waals surface area contributed by atoms with Crippen molar-refractivity contribution in [2.24, 2.45) is 5.41 Å². The smallest absolute Gasteiger partial charge is 0.200 e. The van der Waals surface area contributed by atoms with Gasteiger partial charge in [-0.05, 0) is 0 Å². The molecule has 0 fully saturated rings. The van der Waals surface area contributed by atoms with Gasteiger partial charge in [-0.3, -0.25) is 0 Å². The van der Waals surface area contributed by atoms with Gasteiger partial charge in [0.2, 0.25) is 0 Å². The quantitative estimate of drug-likeness (QED) is 0.286. The second kappa shape index (κ2) is 7.12. The number of hydrogen-bond donors (Lipinski definition) is 0. The van der Waals surface area contributed by atoms with E-state index < -0.39 is 65.6 Å². The van der Waals surface area contributed by atoms with Gasteiger partial charge in [-0.2, -0.15) is 79.0 Å². The maximum absolute atomic E-state index is 13.6. The van der Waals surface area contributed by atoms with E-state index in [-0.39, 0.29) is 20.8 Å². The fourth-order valence-corrected chi connectivity index (χ4v) is 1.93. The SMILES string of the molecule is CC(C)(C)C(F)(F)C(F)(F)C(F)(F)C(F)(F)C(F)(F)C(F)(F)C(F)(F)C(F)(F)C(C)(F)F. The van der Waals surface area contributed by atoms with Gasteiger partial charge in [0.15, 0.2) is 0 Å². The topological polar surface area (TPSA) is 0 Å². The minimum Gasteiger partial charge on any atom is -0.200 e. The predicted octanol–water partition coefficient (Wildman–Crippen LogP) is 7.77. The fraction of sp³-hybridized carbons (Fsp3) is 1.00. The lowest BCUT2D eigenvalue weighted by Gasteiger charge is -2.46. The van der Waals surface area contributed by atoms with Crippen LogP contribution in [-0.2, 0) is 0 Å². The molecule has 194 valence electrons. The first kappa shape index (κ1) is 30.7. The van der Waals surface area contributed by atoms with Gasteiger partial charge < -0.3 is 0 Å². The first-order valence-electron chi connectivity index (χ1n) is 7.65. The van der Waals surface area contributed by atoms with Crippen LogP contribution < -0.4 is 0 Å². The molecule has 0 aliphatic rings. The summed E-state index contributed by atoms with van der Waals surface area (Å²) in [6.07, 6.45) is 0. The van der Waals surface area contributed by atoms with Gasteiger partial charge in [0.25, 0.3) is 0 Å². The molecule has 0 N–H and O–H groups in total. The predicted molar refractivity (Wildman–Crippen MR) is 69.7 cm³/mol. The lowest BCUT2D eigenvalue weighted by Crippen LogP contribution is -2.76. The molecule has 0 bridgehead atoms. The average Bonchev–Trinajstić information content (AvgIpc) is 2.51. The minimum absolute atomic E-state index is 0.0279. The Hall–Kier alpha value is -1.26. The Balaban J connectivity index is 7.00. The zero-order valence-corrected chi connectivity index (χ0v) is 15.8. The van der Waals surface area contributed by atoms with Gasteiger partial charge >= 0.3 is 53.3 Å². The first-order valence-corrected chi connectivity index (χ1v) is 7.65. The van der Waals surface area contributed by atoms with E-state index in [4.69, 9.17) is 0 Å². The molecule has 0 rings (SSSR count). The standard InChI is InChI=1S/C14H12F18/c1-5(2,3)7(17,18)9(21,22)11(25,26)13(29,30)14(31,32)12(27,28)10(23,24)8(19,20)6(4,15)16/h1-4H3. The number of halogens is 18. The van der Waals surface area contributed by atoms with Crippen molar-refractivity contribution in [1.29, 1.82) is 0 Å². The first-order chi connectivity index (χ1) is 13.2. The van der Waals surface area contributed by atoms with Crippen LogP contribution in [0.5, 0.6) is 0 Å². The van der Waals surface area contributed by atoms with E-state index in [1.54, 1.807) is 0 Å². The van der Waals surface area contributed by atoms with Crippen LogP contribution in [-0.4, -0.2) is 53.3 Å². The van der Waals surface area contributed by atoms with Gasteiger partial charge in [0.1, 0.15) is 0 Å². The van der Waals surface area contributed by atoms with E-state index in [0.29, 0.717) is 0 Å². The van der Waals surface area contributed by atoms with E-state index in [0.717, 1.165) is 0 Å². The maximum atomic E-state index is 13.6. The average molecular weight is 522 g/mol. The number of hydrogen-bond acceptors (Lipinski definition) is 0. The van der Waals surface area contributed by atoms with Crippen LogP contribution in [0.1, 0.15) is 27.7 Å². The van der Waals surface area contributed by atoms with E-state index in [1.807, 2.05) is 0 Å². The minimum atomic E-state index is -8.71. The van der Waals surface area contributed by atoms with Crippen molar-refractivity contribution < 1.29 is 79.0 Å². The molecule has 0 aromatic heterocycles. The van der Waals surface area contributed by atoms with Gasteiger partial charge in [0.05, 0.1) is 0 Å². The molecule has 0 radical (unpaired) electrons. The van der Waals surface area contributed by atoms with Crippen LogP contribution >= 0.6 is 0 Å². The summed E-state index contributed by atoms with van der Waals surface area (Å²) in [5, 5.41) is 0. The fourth-order valence-electron chi connectivity index (χ4n) is 1.93. The summed E-state index contributed by atoms with van der Waals surface area (Å²) in [6, 6.07) is 0. The molecule has 0 nitrogen and oxygen atoms in total. The highest BCUT2D eigenvalue weighted by molar-refractivity contribution is 5.17. The zero-order chi connectivity index (χ0) is 27.0. The molecular formula is C14H12F18. The molecule has 0 heterocycles. The third kappa shape index (κ3) is 3.48. The highest BCUT2D eigenvalue weighted by Gasteiger charge is 2.96. The molecule has 0 unspecified atom stereocenters. The molecule has 0 atom stereocenters. The number of rotatable bonds is 8. The van der Waals surface area contributed by atoms with Crippen LogP contribution in [0, 0.1) is 5.41 Å². The zero-order valence-electron chi connectivity index (χ0n) is 15.8. The van der Waals surface area contributed by atoms with E-state index >= 15 is 0 Å². The number of alkyl halides is 18. The molecule has 18 heteroatoms. The Bertz CT molecular complexity index is 629. The van der Waals surface area contributed by atoms with Crippen molar-refractivity contribution in [2.75, 3.05) is 0 Å². The summed E-state index contributed by atoms with van der Waals surface area (Å²) in [5.41, 5.74) is -3.48. The van der Waals surface area contributed by atoms with Crippen molar-refractivity contribution in [1.82, 2.24) is 0 Å². The van der Waals surface area contributed by atoms with Crippen LogP contribution in [0.25, 0.3) is 0 Å². The maximum Gasteiger partial charge on any atom is 0.385 e. The highest BCUT2D eigenvalue weighted by Crippen LogP contribution is 2.66. The molecule has 0 amide bonds. The molecule has 0 aromatic rings. The Kier molecular flexibility index (Phi) is 6.84. The van der Waals surface area contributed by atoms with E-state index in [2.05, 4.69) is 0 Å². The van der Waals surface area contributed by atoms with Crippen molar-refractivity contribution in [3.8, 4) is 0 Å². The van der Waals surface area contributed by atoms with Crippen LogP contribution in [0.15, 0.2) is 0 Å². The van der Waals surface area contributed by atoms with Gasteiger partial charge in [-0.15, -0.1) is 0 Å². The highest BCUT2D eigenvalue weighted by atomic mass is 19.4. The normalized spacial score (nSPS) is 17.1. The third-order valence-corrected chi connectivity index (χ3v) is 4.25. The summed E-state index contributed by atoms with van der Waals surface area (Å²) in [4.78, 5) is 0. The summed E-state index contributed by atoms with van der Waals surface area (Å²) in [6.45, 7) is -1.36. The second-order valence-corrected chi connectivity index (χ2v) is 7.73. The van der Waals surface area contributed by atoms with Gasteiger partial charge in [-0.1, -0.05) is 20.8 Å². The third-order valence-electron chi connectivity index (χ3n) is 4.25. The van der Waals surface area contributed by atoms with E-state index in [1.165, 1.54) is 0 Å². The van der Waals surface area contributed by atoms with E-state index in [9.17, 15) is 79.0 Å². The molecule has 0 aliphatic carbocycles. The van der Waals surface area contributed by atoms with Crippen molar-refractivity contribution in [3.05, 3.63) is 0 Å². The Morgan fingerprint density at radius 3 is 0.562 bits per heavy atom. The van der Waals surface area contributed by atoms with Crippen LogP contribution in [0.3, 0.4) is 0 Å². The molecule has 0 saturated heterocycles. The van der Waals surface area contributed by atoms with Crippen molar-refractivity contribution in [3.63, 3.8) is 0 Å². The monoisotopic (exact) mass is 522 g/mol. The van der Waals surface area contributed by atoms with Gasteiger partial charge in [0, 0.05) is 12.3 Å². The lowest BCUT2D eigenvalue weighted by atomic mass is 9.79. The second-order valence-electron chi connectivity index (χ2n) is 7.73. The molecule has 0 aromatic carbocycles. The van der Waals surface area contributed by atoms with Crippen molar-refractivity contribution >= 4 is 0 Å². The molecule has 0 spiro atoms. The summed E-state index contributed by atoms with van der Waals surface area (Å²) in [5.74, 6) is -70.7. The Morgan fingerprint density at radius 1 is 0.250 bits per heavy atom. The van der Waals surface area contributed by atoms with Gasteiger partial charge in [-0.25, -0.2) is 0 Å². The Morgan fingerprint density at radius 2 is 0.406 bits per heavy atom. The van der Waals surface area contributed by atoms with Crippen LogP contribution in [0.4, 0.5) is 79.0 Å².